The second-order valence-electron chi connectivity index (χ2n) is 6.12. The molecule has 1 atom stereocenters. The Balaban J connectivity index is 1.74. The van der Waals surface area contributed by atoms with Crippen LogP contribution in [0.25, 0.3) is 0 Å². The molecule has 1 unspecified atom stereocenters. The molecule has 1 saturated heterocycles. The van der Waals surface area contributed by atoms with Crippen molar-refractivity contribution in [2.24, 2.45) is 5.41 Å². The van der Waals surface area contributed by atoms with Crippen LogP contribution in [0, 0.1) is 5.41 Å². The first-order chi connectivity index (χ1) is 9.32. The Labute approximate surface area is 116 Å². The molecule has 0 aromatic heterocycles. The lowest BCUT2D eigenvalue weighted by molar-refractivity contribution is 0.0134. The van der Waals surface area contributed by atoms with Crippen LogP contribution in [0.2, 0.25) is 0 Å². The molecule has 1 aromatic rings. The molecular formula is C17H25NO. The monoisotopic (exact) mass is 259 g/mol. The fourth-order valence-electron chi connectivity index (χ4n) is 3.82. The third-order valence-electron chi connectivity index (χ3n) is 5.07. The summed E-state index contributed by atoms with van der Waals surface area (Å²) in [5.74, 6) is 0. The number of benzene rings is 1. The molecule has 0 amide bonds. The van der Waals surface area contributed by atoms with Crippen molar-refractivity contribution in [1.82, 2.24) is 0 Å². The van der Waals surface area contributed by atoms with E-state index in [1.807, 2.05) is 0 Å². The Bertz CT molecular complexity index is 423. The minimum Gasteiger partial charge on any atom is -0.382 e. The molecule has 3 rings (SSSR count). The molecule has 1 aliphatic heterocycles. The van der Waals surface area contributed by atoms with Gasteiger partial charge in [0.1, 0.15) is 0 Å². The summed E-state index contributed by atoms with van der Waals surface area (Å²) in [6.45, 7) is 4.12. The van der Waals surface area contributed by atoms with Gasteiger partial charge in [-0.25, -0.2) is 0 Å². The summed E-state index contributed by atoms with van der Waals surface area (Å²) >= 11 is 0. The number of nitrogens with one attached hydrogen (secondary N) is 1. The molecule has 2 nitrogen and oxygen atoms in total. The average Bonchev–Trinajstić information content (AvgIpc) is 2.82. The Morgan fingerprint density at radius 3 is 2.89 bits per heavy atom. The van der Waals surface area contributed by atoms with Crippen molar-refractivity contribution in [3.63, 3.8) is 0 Å². The van der Waals surface area contributed by atoms with E-state index in [1.165, 1.54) is 43.4 Å². The quantitative estimate of drug-likeness (QED) is 0.885. The Morgan fingerprint density at radius 2 is 2.11 bits per heavy atom. The van der Waals surface area contributed by atoms with Crippen LogP contribution in [0.4, 0.5) is 5.69 Å². The molecule has 1 saturated carbocycles. The van der Waals surface area contributed by atoms with Crippen molar-refractivity contribution in [2.45, 2.75) is 51.5 Å². The fourth-order valence-corrected chi connectivity index (χ4v) is 3.82. The van der Waals surface area contributed by atoms with Crippen molar-refractivity contribution in [3.05, 3.63) is 29.8 Å². The first-order valence-corrected chi connectivity index (χ1v) is 7.76. The summed E-state index contributed by atoms with van der Waals surface area (Å²) in [4.78, 5) is 0. The van der Waals surface area contributed by atoms with E-state index in [4.69, 9.17) is 4.74 Å². The lowest BCUT2D eigenvalue weighted by atomic mass is 9.75. The number of aryl methyl sites for hydroxylation is 1. The van der Waals surface area contributed by atoms with E-state index in [0.717, 1.165) is 19.6 Å². The molecule has 19 heavy (non-hydrogen) atoms. The van der Waals surface area contributed by atoms with Crippen molar-refractivity contribution in [1.29, 1.82) is 0 Å². The maximum absolute atomic E-state index is 5.56. The van der Waals surface area contributed by atoms with Crippen molar-refractivity contribution >= 4 is 5.69 Å². The van der Waals surface area contributed by atoms with E-state index in [9.17, 15) is 0 Å². The second kappa shape index (κ2) is 5.54. The minimum absolute atomic E-state index is 0.500. The lowest BCUT2D eigenvalue weighted by Crippen LogP contribution is -2.40. The molecule has 0 radical (unpaired) electrons. The molecule has 1 aromatic carbocycles. The Morgan fingerprint density at radius 1 is 1.26 bits per heavy atom. The van der Waals surface area contributed by atoms with E-state index in [2.05, 4.69) is 36.5 Å². The van der Waals surface area contributed by atoms with Crippen LogP contribution >= 0.6 is 0 Å². The highest BCUT2D eigenvalue weighted by Crippen LogP contribution is 2.47. The highest BCUT2D eigenvalue weighted by molar-refractivity contribution is 5.47. The van der Waals surface area contributed by atoms with E-state index in [-0.39, 0.29) is 0 Å². The molecule has 2 aliphatic rings. The molecule has 2 fully saturated rings. The predicted octanol–water partition coefficient (Wildman–Crippen LogP) is 4.01. The van der Waals surface area contributed by atoms with Crippen LogP contribution < -0.4 is 5.32 Å². The molecule has 1 N–H and O–H groups in total. The van der Waals surface area contributed by atoms with Gasteiger partial charge in [-0.05, 0) is 55.2 Å². The number of ether oxygens (including phenoxy) is 1. The van der Waals surface area contributed by atoms with Gasteiger partial charge in [-0.15, -0.1) is 0 Å². The maximum Gasteiger partial charge on any atom is 0.0472 e. The summed E-state index contributed by atoms with van der Waals surface area (Å²) in [5, 5.41) is 3.82. The largest absolute Gasteiger partial charge is 0.382 e. The van der Waals surface area contributed by atoms with Gasteiger partial charge in [0.2, 0.25) is 0 Å². The molecule has 2 heteroatoms. The Hall–Kier alpha value is -1.02. The van der Waals surface area contributed by atoms with Crippen molar-refractivity contribution in [3.8, 4) is 0 Å². The minimum atomic E-state index is 0.500. The SMILES string of the molecule is CCc1cccc(NC2CCCC23CCOCC3)c1. The summed E-state index contributed by atoms with van der Waals surface area (Å²) in [6.07, 6.45) is 7.64. The van der Waals surface area contributed by atoms with Crippen molar-refractivity contribution < 1.29 is 4.74 Å². The number of hydrogen-bond acceptors (Lipinski definition) is 2. The van der Waals surface area contributed by atoms with Gasteiger partial charge in [0.15, 0.2) is 0 Å². The van der Waals surface area contributed by atoms with Gasteiger partial charge in [-0.2, -0.15) is 0 Å². The number of hydrogen-bond donors (Lipinski definition) is 1. The molecule has 1 heterocycles. The van der Waals surface area contributed by atoms with E-state index in [1.54, 1.807) is 0 Å². The summed E-state index contributed by atoms with van der Waals surface area (Å²) in [5.41, 5.74) is 3.22. The van der Waals surface area contributed by atoms with E-state index < -0.39 is 0 Å². The standard InChI is InChI=1S/C17H25NO/c1-2-14-5-3-6-15(13-14)18-16-7-4-8-17(16)9-11-19-12-10-17/h3,5-6,13,16,18H,2,4,7-12H2,1H3. The van der Waals surface area contributed by atoms with Crippen LogP contribution in [0.5, 0.6) is 0 Å². The molecule has 104 valence electrons. The molecular weight excluding hydrogens is 234 g/mol. The molecule has 1 spiro atoms. The number of anilines is 1. The fraction of sp³-hybridized carbons (Fsp3) is 0.647. The van der Waals surface area contributed by atoms with Gasteiger partial charge in [-0.1, -0.05) is 25.5 Å². The Kier molecular flexibility index (Phi) is 3.79. The first kappa shape index (κ1) is 13.0. The van der Waals surface area contributed by atoms with Gasteiger partial charge in [0, 0.05) is 24.9 Å². The normalized spacial score (nSPS) is 25.6. The maximum atomic E-state index is 5.56. The predicted molar refractivity (Wildman–Crippen MR) is 79.6 cm³/mol. The summed E-state index contributed by atoms with van der Waals surface area (Å²) in [6, 6.07) is 9.55. The van der Waals surface area contributed by atoms with Crippen LogP contribution in [-0.4, -0.2) is 19.3 Å². The van der Waals surface area contributed by atoms with Crippen LogP contribution in [0.3, 0.4) is 0 Å². The molecule has 1 aliphatic carbocycles. The highest BCUT2D eigenvalue weighted by atomic mass is 16.5. The summed E-state index contributed by atoms with van der Waals surface area (Å²) in [7, 11) is 0. The van der Waals surface area contributed by atoms with E-state index >= 15 is 0 Å². The number of rotatable bonds is 3. The second-order valence-corrected chi connectivity index (χ2v) is 6.12. The zero-order valence-corrected chi connectivity index (χ0v) is 12.0. The first-order valence-electron chi connectivity index (χ1n) is 7.76. The van der Waals surface area contributed by atoms with Crippen LogP contribution in [0.15, 0.2) is 24.3 Å². The summed E-state index contributed by atoms with van der Waals surface area (Å²) < 4.78 is 5.56. The highest BCUT2D eigenvalue weighted by Gasteiger charge is 2.43. The zero-order valence-electron chi connectivity index (χ0n) is 12.0. The average molecular weight is 259 g/mol. The van der Waals surface area contributed by atoms with Gasteiger partial charge in [-0.3, -0.25) is 0 Å². The van der Waals surface area contributed by atoms with Gasteiger partial charge < -0.3 is 10.1 Å². The van der Waals surface area contributed by atoms with Gasteiger partial charge >= 0.3 is 0 Å². The third kappa shape index (κ3) is 2.64. The van der Waals surface area contributed by atoms with Gasteiger partial charge in [0.25, 0.3) is 0 Å². The smallest absolute Gasteiger partial charge is 0.0472 e. The topological polar surface area (TPSA) is 21.3 Å². The van der Waals surface area contributed by atoms with E-state index in [0.29, 0.717) is 11.5 Å². The van der Waals surface area contributed by atoms with Crippen molar-refractivity contribution in [2.75, 3.05) is 18.5 Å². The third-order valence-corrected chi connectivity index (χ3v) is 5.07. The molecule has 0 bridgehead atoms. The lowest BCUT2D eigenvalue weighted by Gasteiger charge is -2.39. The zero-order chi connectivity index (χ0) is 13.1. The van der Waals surface area contributed by atoms with Crippen LogP contribution in [0.1, 0.15) is 44.6 Å². The van der Waals surface area contributed by atoms with Crippen LogP contribution in [-0.2, 0) is 11.2 Å². The van der Waals surface area contributed by atoms with Gasteiger partial charge in [0.05, 0.1) is 0 Å².